The van der Waals surface area contributed by atoms with Crippen molar-refractivity contribution in [1.82, 2.24) is 0 Å². The van der Waals surface area contributed by atoms with Crippen molar-refractivity contribution in [3.8, 4) is 0 Å². The molecule has 0 rings (SSSR count). The molecule has 0 fully saturated rings. The van der Waals surface area contributed by atoms with Gasteiger partial charge in [0.25, 0.3) is 0 Å². The number of carboxylic acid groups (broad SMARTS) is 2. The molecule has 11 heteroatoms. The molecule has 0 heterocycles. The van der Waals surface area contributed by atoms with E-state index in [0.29, 0.717) is 0 Å². The predicted molar refractivity (Wildman–Crippen MR) is 57.0 cm³/mol. The minimum absolute atomic E-state index is 0. The molecule has 0 aliphatic carbocycles. The smallest absolute Gasteiger partial charge is 1.00 e. The number of hydrogen-bond donors (Lipinski definition) is 2. The maximum atomic E-state index is 11.4. The van der Waals surface area contributed by atoms with E-state index in [4.69, 9.17) is 10.2 Å². The quantitative estimate of drug-likeness (QED) is 0.220. The van der Waals surface area contributed by atoms with Crippen LogP contribution in [0.1, 0.15) is 21.2 Å². The molecular weight excluding hydrogens is 303 g/mol. The van der Waals surface area contributed by atoms with Crippen LogP contribution in [0.5, 0.6) is 0 Å². The maximum absolute atomic E-state index is 11.4. The van der Waals surface area contributed by atoms with Crippen LogP contribution in [0.4, 0.5) is 0 Å². The van der Waals surface area contributed by atoms with E-state index < -0.39 is 54.6 Å². The van der Waals surface area contributed by atoms with E-state index in [9.17, 15) is 28.8 Å². The van der Waals surface area contributed by atoms with E-state index in [-0.39, 0.29) is 31.0 Å². The van der Waals surface area contributed by atoms with Crippen molar-refractivity contribution in [2.24, 2.45) is 5.92 Å². The van der Waals surface area contributed by atoms with Crippen LogP contribution in [-0.4, -0.2) is 46.0 Å². The third-order valence-corrected chi connectivity index (χ3v) is 1.77. The number of hydrogen-bond acceptors (Lipinski definition) is 8. The van der Waals surface area contributed by atoms with E-state index in [1.807, 2.05) is 0 Å². The number of esters is 4. The Balaban J connectivity index is -0.00000180. The Morgan fingerprint density at radius 1 is 0.905 bits per heavy atom. The molecule has 0 aromatic rings. The molecular formula is C10H11NaO10. The molecule has 21 heavy (non-hydrogen) atoms. The summed E-state index contributed by atoms with van der Waals surface area (Å²) >= 11 is 0. The van der Waals surface area contributed by atoms with E-state index >= 15 is 0 Å². The van der Waals surface area contributed by atoms with E-state index in [1.165, 1.54) is 0 Å². The first kappa shape index (κ1) is 21.5. The molecule has 0 aromatic carbocycles. The summed E-state index contributed by atoms with van der Waals surface area (Å²) in [7, 11) is 0. The summed E-state index contributed by atoms with van der Waals surface area (Å²) in [6.07, 6.45) is -1.81. The molecule has 0 saturated carbocycles. The summed E-state index contributed by atoms with van der Waals surface area (Å²) in [6, 6.07) is 0. The van der Waals surface area contributed by atoms with Gasteiger partial charge in [0.1, 0.15) is 0 Å². The normalized spacial score (nSPS) is 9.24. The summed E-state index contributed by atoms with van der Waals surface area (Å²) in [6.45, 7) is 0.824. The number of rotatable bonds is 5. The first-order valence-electron chi connectivity index (χ1n) is 5.05. The topological polar surface area (TPSA) is 161 Å². The molecule has 2 N–H and O–H groups in total. The van der Waals surface area contributed by atoms with Gasteiger partial charge in [-0.15, -0.1) is 0 Å². The second kappa shape index (κ2) is 10.0. The van der Waals surface area contributed by atoms with Crippen molar-refractivity contribution < 1.29 is 79.4 Å². The van der Waals surface area contributed by atoms with Gasteiger partial charge in [-0.1, -0.05) is 0 Å². The first-order valence-corrected chi connectivity index (χ1v) is 5.05. The van der Waals surface area contributed by atoms with Gasteiger partial charge in [0.05, 0.1) is 18.8 Å². The Morgan fingerprint density at radius 3 is 1.62 bits per heavy atom. The Bertz CT molecular complexity index is 458. The van der Waals surface area contributed by atoms with Crippen molar-refractivity contribution in [3.05, 3.63) is 0 Å². The van der Waals surface area contributed by atoms with Crippen molar-refractivity contribution >= 4 is 35.8 Å². The second-order valence-electron chi connectivity index (χ2n) is 3.48. The average molecular weight is 314 g/mol. The zero-order valence-corrected chi connectivity index (χ0v) is 13.2. The molecule has 0 spiro atoms. The van der Waals surface area contributed by atoms with Crippen LogP contribution in [0.15, 0.2) is 0 Å². The molecule has 0 bridgehead atoms. The molecule has 112 valence electrons. The first-order chi connectivity index (χ1) is 9.13. The van der Waals surface area contributed by atoms with E-state index in [2.05, 4.69) is 9.47 Å². The van der Waals surface area contributed by atoms with Crippen LogP contribution in [0.2, 0.25) is 0 Å². The Morgan fingerprint density at radius 2 is 1.29 bits per heavy atom. The van der Waals surface area contributed by atoms with Gasteiger partial charge in [-0.25, -0.2) is 9.59 Å². The minimum Gasteiger partial charge on any atom is -1.00 e. The molecule has 0 aliphatic heterocycles. The molecule has 0 unspecified atom stereocenters. The summed E-state index contributed by atoms with van der Waals surface area (Å²) in [5.41, 5.74) is 0. The van der Waals surface area contributed by atoms with Gasteiger partial charge in [0.2, 0.25) is 0 Å². The SMILES string of the molecule is CC(=O)OC(=O)C(=O)OC(=O)C(CC(=O)O)CC(=O)O.[H-].[Na+]. The Labute approximate surface area is 141 Å². The van der Waals surface area contributed by atoms with Gasteiger partial charge in [0.15, 0.2) is 0 Å². The number of ether oxygens (including phenoxy) is 2. The summed E-state index contributed by atoms with van der Waals surface area (Å²) in [5, 5.41) is 17.0. The predicted octanol–water partition coefficient (Wildman–Crippen LogP) is -4.17. The largest absolute Gasteiger partial charge is 1.00 e. The van der Waals surface area contributed by atoms with Crippen molar-refractivity contribution in [3.63, 3.8) is 0 Å². The average Bonchev–Trinajstić information content (AvgIpc) is 2.25. The zero-order valence-electron chi connectivity index (χ0n) is 12.2. The minimum atomic E-state index is -1.84. The fourth-order valence-electron chi connectivity index (χ4n) is 1.05. The van der Waals surface area contributed by atoms with Gasteiger partial charge in [-0.05, 0) is 0 Å². The summed E-state index contributed by atoms with van der Waals surface area (Å²) < 4.78 is 7.76. The third-order valence-electron chi connectivity index (χ3n) is 1.77. The van der Waals surface area contributed by atoms with Crippen molar-refractivity contribution in [2.45, 2.75) is 19.8 Å². The van der Waals surface area contributed by atoms with Gasteiger partial charge >= 0.3 is 65.4 Å². The fourth-order valence-corrected chi connectivity index (χ4v) is 1.05. The van der Waals surface area contributed by atoms with Crippen LogP contribution in [0.3, 0.4) is 0 Å². The maximum Gasteiger partial charge on any atom is 1.00 e. The van der Waals surface area contributed by atoms with Crippen molar-refractivity contribution in [2.75, 3.05) is 0 Å². The third kappa shape index (κ3) is 9.71. The van der Waals surface area contributed by atoms with Gasteiger partial charge in [-0.2, -0.15) is 0 Å². The van der Waals surface area contributed by atoms with E-state index in [0.717, 1.165) is 6.92 Å². The molecule has 0 aliphatic rings. The Hall–Kier alpha value is -1.78. The number of carbonyl (C=O) groups excluding carboxylic acids is 4. The van der Waals surface area contributed by atoms with Gasteiger partial charge in [-0.3, -0.25) is 19.2 Å². The monoisotopic (exact) mass is 314 g/mol. The van der Waals surface area contributed by atoms with Gasteiger partial charge < -0.3 is 21.1 Å². The van der Waals surface area contributed by atoms with Crippen LogP contribution >= 0.6 is 0 Å². The number of carbonyl (C=O) groups is 6. The zero-order chi connectivity index (χ0) is 15.9. The second-order valence-corrected chi connectivity index (χ2v) is 3.48. The molecule has 0 amide bonds. The molecule has 10 nitrogen and oxygen atoms in total. The standard InChI is InChI=1S/C10H10O10.Na.H/c1-4(11)19-9(17)10(18)20-8(16)5(2-6(12)13)3-7(14)15;;/h5H,2-3H2,1H3,(H,12,13)(H,14,15);;/q;+1;-1. The molecule has 0 radical (unpaired) electrons. The Kier molecular flexibility index (Phi) is 10.3. The summed E-state index contributed by atoms with van der Waals surface area (Å²) in [4.78, 5) is 64.5. The molecule has 0 saturated heterocycles. The molecule has 0 aromatic heterocycles. The fraction of sp³-hybridized carbons (Fsp3) is 0.400. The summed E-state index contributed by atoms with van der Waals surface area (Å²) in [5.74, 6) is -10.9. The van der Waals surface area contributed by atoms with E-state index in [1.54, 1.807) is 0 Å². The van der Waals surface area contributed by atoms with Crippen molar-refractivity contribution in [1.29, 1.82) is 0 Å². The molecule has 0 atom stereocenters. The number of aliphatic carboxylic acids is 2. The van der Waals surface area contributed by atoms with Crippen LogP contribution < -0.4 is 29.6 Å². The number of carboxylic acids is 2. The van der Waals surface area contributed by atoms with Crippen LogP contribution in [0, 0.1) is 5.92 Å². The van der Waals surface area contributed by atoms with Crippen LogP contribution in [-0.2, 0) is 38.2 Å². The van der Waals surface area contributed by atoms with Gasteiger partial charge in [0, 0.05) is 6.92 Å². The van der Waals surface area contributed by atoms with Crippen LogP contribution in [0.25, 0.3) is 0 Å².